The van der Waals surface area contributed by atoms with Gasteiger partial charge in [0.05, 0.1) is 26.9 Å². The molecule has 1 aliphatic rings. The van der Waals surface area contributed by atoms with E-state index in [-0.39, 0.29) is 40.1 Å². The van der Waals surface area contributed by atoms with Gasteiger partial charge in [-0.3, -0.25) is 0 Å². The van der Waals surface area contributed by atoms with Crippen LogP contribution >= 0.6 is 0 Å². The lowest BCUT2D eigenvalue weighted by Crippen LogP contribution is -2.60. The highest BCUT2D eigenvalue weighted by Crippen LogP contribution is 2.37. The van der Waals surface area contributed by atoms with Gasteiger partial charge in [-0.15, -0.1) is 0 Å². The minimum Gasteiger partial charge on any atom is -0.508 e. The molecule has 0 aromatic heterocycles. The van der Waals surface area contributed by atoms with Crippen molar-refractivity contribution in [1.82, 2.24) is 0 Å². The zero-order valence-corrected chi connectivity index (χ0v) is 18.6. The van der Waals surface area contributed by atoms with E-state index >= 15 is 0 Å². The predicted molar refractivity (Wildman–Crippen MR) is 113 cm³/mol. The second kappa shape index (κ2) is 10.7. The summed E-state index contributed by atoms with van der Waals surface area (Å²) in [6, 6.07) is 6.43. The first-order valence-corrected chi connectivity index (χ1v) is 10.1. The topological polar surface area (TPSA) is 174 Å². The van der Waals surface area contributed by atoms with Crippen molar-refractivity contribution in [3.05, 3.63) is 35.9 Å². The van der Waals surface area contributed by atoms with E-state index in [0.29, 0.717) is 0 Å². The molecule has 0 aliphatic carbocycles. The van der Waals surface area contributed by atoms with Gasteiger partial charge in [0, 0.05) is 6.07 Å². The molecule has 12 heteroatoms. The minimum atomic E-state index is -1.68. The summed E-state index contributed by atoms with van der Waals surface area (Å²) in [7, 11) is 3.94. The van der Waals surface area contributed by atoms with Gasteiger partial charge in [-0.2, -0.15) is 0 Å². The summed E-state index contributed by atoms with van der Waals surface area (Å²) in [6.45, 7) is -0.512. The first-order chi connectivity index (χ1) is 16.2. The molecule has 0 spiro atoms. The van der Waals surface area contributed by atoms with E-state index in [1.54, 1.807) is 0 Å². The number of esters is 1. The van der Waals surface area contributed by atoms with E-state index in [9.17, 15) is 30.3 Å². The molecule has 0 unspecified atom stereocenters. The number of hydrogen-bond donors (Lipinski definition) is 5. The third kappa shape index (κ3) is 5.20. The number of rotatable bonds is 8. The van der Waals surface area contributed by atoms with Crippen LogP contribution in [-0.2, 0) is 9.47 Å². The van der Waals surface area contributed by atoms with Crippen LogP contribution in [0.15, 0.2) is 30.3 Å². The van der Waals surface area contributed by atoms with Crippen LogP contribution in [0.4, 0.5) is 0 Å². The van der Waals surface area contributed by atoms with Gasteiger partial charge in [0.2, 0.25) is 12.0 Å². The highest BCUT2D eigenvalue weighted by molar-refractivity contribution is 5.91. The Morgan fingerprint density at radius 2 is 1.47 bits per heavy atom. The molecule has 2 aromatic rings. The fourth-order valence-corrected chi connectivity index (χ4v) is 3.28. The molecule has 0 radical (unpaired) electrons. The molecule has 0 amide bonds. The van der Waals surface area contributed by atoms with Gasteiger partial charge < -0.3 is 54.0 Å². The molecule has 5 atom stereocenters. The Morgan fingerprint density at radius 3 is 2.06 bits per heavy atom. The number of phenols is 2. The number of benzene rings is 2. The second-order valence-electron chi connectivity index (χ2n) is 7.30. The molecular weight excluding hydrogens is 456 g/mol. The van der Waals surface area contributed by atoms with Crippen LogP contribution in [0.1, 0.15) is 10.4 Å². The summed E-state index contributed by atoms with van der Waals surface area (Å²) in [6.07, 6.45) is -7.66. The Kier molecular flexibility index (Phi) is 7.89. The fourth-order valence-electron chi connectivity index (χ4n) is 3.28. The van der Waals surface area contributed by atoms with Crippen molar-refractivity contribution < 1.29 is 58.7 Å². The largest absolute Gasteiger partial charge is 0.508 e. The van der Waals surface area contributed by atoms with Gasteiger partial charge in [0.1, 0.15) is 36.8 Å². The molecule has 1 saturated heterocycles. The smallest absolute Gasteiger partial charge is 0.338 e. The Morgan fingerprint density at radius 1 is 0.853 bits per heavy atom. The monoisotopic (exact) mass is 482 g/mol. The van der Waals surface area contributed by atoms with Gasteiger partial charge >= 0.3 is 5.97 Å². The molecule has 186 valence electrons. The lowest BCUT2D eigenvalue weighted by molar-refractivity contribution is -0.277. The highest BCUT2D eigenvalue weighted by Gasteiger charge is 2.45. The van der Waals surface area contributed by atoms with Crippen LogP contribution in [0.5, 0.6) is 34.5 Å². The maximum Gasteiger partial charge on any atom is 0.338 e. The van der Waals surface area contributed by atoms with Crippen LogP contribution in [0.25, 0.3) is 0 Å². The van der Waals surface area contributed by atoms with Crippen molar-refractivity contribution in [2.24, 2.45) is 0 Å². The molecular formula is C22H26O12. The molecule has 1 fully saturated rings. The molecule has 3 rings (SSSR count). The van der Waals surface area contributed by atoms with Gasteiger partial charge in [-0.1, -0.05) is 0 Å². The van der Waals surface area contributed by atoms with Crippen molar-refractivity contribution in [3.63, 3.8) is 0 Å². The van der Waals surface area contributed by atoms with E-state index < -0.39 is 43.3 Å². The fraction of sp³-hybridized carbons (Fsp3) is 0.409. The summed E-state index contributed by atoms with van der Waals surface area (Å²) in [4.78, 5) is 12.5. The van der Waals surface area contributed by atoms with E-state index in [4.69, 9.17) is 28.4 Å². The lowest BCUT2D eigenvalue weighted by Gasteiger charge is -2.40. The molecule has 1 aliphatic heterocycles. The number of ether oxygens (including phenoxy) is 6. The molecule has 0 saturated carbocycles. The van der Waals surface area contributed by atoms with Crippen molar-refractivity contribution in [2.45, 2.75) is 30.7 Å². The van der Waals surface area contributed by atoms with Gasteiger partial charge in [-0.25, -0.2) is 4.79 Å². The molecule has 0 bridgehead atoms. The summed E-state index contributed by atoms with van der Waals surface area (Å²) in [5.41, 5.74) is -0.0148. The highest BCUT2D eigenvalue weighted by atomic mass is 16.7. The van der Waals surface area contributed by atoms with Crippen LogP contribution < -0.4 is 18.9 Å². The SMILES string of the molecule is COc1cc(O)ccc1O[C@@H]1O[C@H](COC(=O)c2cc(OC)c(O)c(OC)c2)[C@@H](O)[C@H](O)[C@H]1O. The van der Waals surface area contributed by atoms with Crippen molar-refractivity contribution in [1.29, 1.82) is 0 Å². The van der Waals surface area contributed by atoms with Crippen LogP contribution in [0, 0.1) is 0 Å². The standard InChI is InChI=1S/C22H26O12/c1-29-13-8-11(23)4-5-12(13)33-22-20(27)19(26)18(25)16(34-22)9-32-21(28)10-6-14(30-2)17(24)15(7-10)31-3/h4-8,16,18-20,22-27H,9H2,1-3H3/t16-,18-,19+,20-,22-/m1/s1. The second-order valence-corrected chi connectivity index (χ2v) is 7.30. The Hall–Kier alpha value is -3.45. The normalized spacial score (nSPS) is 24.2. The Balaban J connectivity index is 1.72. The maximum atomic E-state index is 12.5. The lowest BCUT2D eigenvalue weighted by atomic mass is 9.99. The first-order valence-electron chi connectivity index (χ1n) is 10.1. The van der Waals surface area contributed by atoms with Gasteiger partial charge in [-0.05, 0) is 24.3 Å². The zero-order valence-electron chi connectivity index (χ0n) is 18.6. The number of aliphatic hydroxyl groups is 3. The van der Waals surface area contributed by atoms with Gasteiger partial charge in [0.15, 0.2) is 23.0 Å². The zero-order chi connectivity index (χ0) is 25.0. The molecule has 2 aromatic carbocycles. The number of methoxy groups -OCH3 is 3. The van der Waals surface area contributed by atoms with Crippen molar-refractivity contribution >= 4 is 5.97 Å². The number of carbonyl (C=O) groups is 1. The number of hydrogen-bond acceptors (Lipinski definition) is 12. The third-order valence-corrected chi connectivity index (χ3v) is 5.15. The minimum absolute atomic E-state index is 0.0148. The number of aromatic hydroxyl groups is 2. The Bertz CT molecular complexity index is 984. The summed E-state index contributed by atoms with van der Waals surface area (Å²) < 4.78 is 31.4. The quantitative estimate of drug-likeness (QED) is 0.323. The number of aliphatic hydroxyl groups excluding tert-OH is 3. The third-order valence-electron chi connectivity index (χ3n) is 5.15. The summed E-state index contributed by atoms with van der Waals surface area (Å²) in [5, 5.41) is 50.4. The Labute approximate surface area is 194 Å². The summed E-state index contributed by atoms with van der Waals surface area (Å²) >= 11 is 0. The molecule has 12 nitrogen and oxygen atoms in total. The van der Waals surface area contributed by atoms with Crippen molar-refractivity contribution in [2.75, 3.05) is 27.9 Å². The summed E-state index contributed by atoms with van der Waals surface area (Å²) in [5.74, 6) is -1.05. The number of carbonyl (C=O) groups excluding carboxylic acids is 1. The average molecular weight is 482 g/mol. The molecule has 5 N–H and O–H groups in total. The average Bonchev–Trinajstić information content (AvgIpc) is 2.84. The van der Waals surface area contributed by atoms with Crippen LogP contribution in [0.2, 0.25) is 0 Å². The number of phenolic OH excluding ortho intramolecular Hbond substituents is 2. The van der Waals surface area contributed by atoms with E-state index in [0.717, 1.165) is 0 Å². The van der Waals surface area contributed by atoms with Crippen molar-refractivity contribution in [3.8, 4) is 34.5 Å². The maximum absolute atomic E-state index is 12.5. The van der Waals surface area contributed by atoms with Crippen LogP contribution in [0.3, 0.4) is 0 Å². The molecule has 34 heavy (non-hydrogen) atoms. The van der Waals surface area contributed by atoms with Gasteiger partial charge in [0.25, 0.3) is 0 Å². The van der Waals surface area contributed by atoms with E-state index in [1.807, 2.05) is 0 Å². The predicted octanol–water partition coefficient (Wildman–Crippen LogP) is 0.167. The van der Waals surface area contributed by atoms with E-state index in [2.05, 4.69) is 0 Å². The first kappa shape index (κ1) is 25.2. The van der Waals surface area contributed by atoms with E-state index in [1.165, 1.54) is 51.7 Å². The molecule has 1 heterocycles. The van der Waals surface area contributed by atoms with Crippen LogP contribution in [-0.4, -0.2) is 90.1 Å².